The van der Waals surface area contributed by atoms with E-state index in [1.165, 1.54) is 23.1 Å². The topological polar surface area (TPSA) is 98.2 Å². The molecule has 1 amide bonds. The minimum absolute atomic E-state index is 0.00445. The Labute approximate surface area is 159 Å². The number of rotatable bonds is 6. The van der Waals surface area contributed by atoms with E-state index < -0.39 is 11.9 Å². The van der Waals surface area contributed by atoms with E-state index >= 15 is 0 Å². The number of hydrogen-bond donors (Lipinski definition) is 1. The lowest BCUT2D eigenvalue weighted by Crippen LogP contribution is -2.44. The minimum atomic E-state index is -1.02. The van der Waals surface area contributed by atoms with E-state index in [2.05, 4.69) is 15.5 Å². The molecule has 138 valence electrons. The van der Waals surface area contributed by atoms with Crippen LogP contribution in [0.2, 0.25) is 0 Å². The lowest BCUT2D eigenvalue weighted by atomic mass is 9.97. The van der Waals surface area contributed by atoms with Crippen LogP contribution < -0.4 is 10.4 Å². The zero-order valence-corrected chi connectivity index (χ0v) is 15.9. The number of carbonyl (C=O) groups is 2. The Morgan fingerprint density at radius 1 is 1.35 bits per heavy atom. The average molecular weight is 391 g/mol. The van der Waals surface area contributed by atoms with Crippen LogP contribution in [0.25, 0.3) is 0 Å². The summed E-state index contributed by atoms with van der Waals surface area (Å²) in [7, 11) is 0. The number of benzene rings is 1. The Hall–Kier alpha value is -2.13. The Morgan fingerprint density at radius 2 is 2.12 bits per heavy atom. The van der Waals surface area contributed by atoms with Crippen molar-refractivity contribution in [2.75, 3.05) is 24.2 Å². The third-order valence-corrected chi connectivity index (χ3v) is 6.13. The summed E-state index contributed by atoms with van der Waals surface area (Å²) in [6.45, 7) is 2.95. The van der Waals surface area contributed by atoms with Gasteiger partial charge in [-0.25, -0.2) is 0 Å². The number of thioether (sulfide) groups is 1. The molecule has 2 heterocycles. The summed E-state index contributed by atoms with van der Waals surface area (Å²) in [6.07, 6.45) is 0.921. The largest absolute Gasteiger partial charge is 0.550 e. The van der Waals surface area contributed by atoms with Crippen LogP contribution in [0.15, 0.2) is 28.6 Å². The third-order valence-electron chi connectivity index (χ3n) is 4.18. The molecule has 0 atom stereocenters. The Morgan fingerprint density at radius 3 is 2.81 bits per heavy atom. The van der Waals surface area contributed by atoms with Crippen LogP contribution in [-0.2, 0) is 9.59 Å². The van der Waals surface area contributed by atoms with Gasteiger partial charge in [0.25, 0.3) is 0 Å². The van der Waals surface area contributed by atoms with Gasteiger partial charge < -0.3 is 20.1 Å². The fourth-order valence-electron chi connectivity index (χ4n) is 2.74. The molecular formula is C17H19N4O3S2-. The van der Waals surface area contributed by atoms with Gasteiger partial charge in [0.2, 0.25) is 11.0 Å². The van der Waals surface area contributed by atoms with Crippen LogP contribution in [-0.4, -0.2) is 45.8 Å². The van der Waals surface area contributed by atoms with Gasteiger partial charge in [0.05, 0.1) is 5.75 Å². The predicted octanol–water partition coefficient (Wildman–Crippen LogP) is 1.67. The molecule has 1 fully saturated rings. The summed E-state index contributed by atoms with van der Waals surface area (Å²) >= 11 is 2.75. The van der Waals surface area contributed by atoms with Crippen LogP contribution >= 0.6 is 23.1 Å². The first-order chi connectivity index (χ1) is 12.5. The van der Waals surface area contributed by atoms with Crippen molar-refractivity contribution in [1.29, 1.82) is 0 Å². The summed E-state index contributed by atoms with van der Waals surface area (Å²) in [5.74, 6) is -1.19. The highest BCUT2D eigenvalue weighted by Gasteiger charge is 2.23. The molecule has 26 heavy (non-hydrogen) atoms. The number of carboxylic acid groups (broad SMARTS) is 1. The minimum Gasteiger partial charge on any atom is -0.550 e. The van der Waals surface area contributed by atoms with Crippen molar-refractivity contribution in [2.24, 2.45) is 5.92 Å². The maximum absolute atomic E-state index is 12.3. The van der Waals surface area contributed by atoms with Gasteiger partial charge >= 0.3 is 0 Å². The maximum atomic E-state index is 12.3. The van der Waals surface area contributed by atoms with Gasteiger partial charge in [0.1, 0.15) is 0 Å². The molecule has 2 aromatic rings. The van der Waals surface area contributed by atoms with E-state index in [1.54, 1.807) is 4.90 Å². The molecule has 1 aliphatic rings. The standard InChI is InChI=1S/C17H20N4O3S2/c1-11-3-2-4-13(9-11)18-16-19-20-17(26-16)25-10-14(22)21-7-5-12(6-8-21)15(23)24/h2-4,9,12H,5-8,10H2,1H3,(H,18,19)(H,23,24)/p-1. The molecule has 1 aromatic carbocycles. The van der Waals surface area contributed by atoms with Crippen molar-refractivity contribution >= 4 is 45.8 Å². The summed E-state index contributed by atoms with van der Waals surface area (Å²) in [5.41, 5.74) is 2.10. The zero-order valence-electron chi connectivity index (χ0n) is 14.3. The molecule has 1 N–H and O–H groups in total. The predicted molar refractivity (Wildman–Crippen MR) is 99.4 cm³/mol. The van der Waals surface area contributed by atoms with E-state index in [9.17, 15) is 14.7 Å². The Kier molecular flexibility index (Phi) is 6.10. The van der Waals surface area contributed by atoms with Crippen molar-refractivity contribution in [3.05, 3.63) is 29.8 Å². The van der Waals surface area contributed by atoms with Crippen molar-refractivity contribution in [3.63, 3.8) is 0 Å². The normalized spacial score (nSPS) is 15.0. The molecule has 0 unspecified atom stereocenters. The number of carbonyl (C=O) groups excluding carboxylic acids is 2. The molecule has 3 rings (SSSR count). The smallest absolute Gasteiger partial charge is 0.233 e. The van der Waals surface area contributed by atoms with Gasteiger partial charge in [0.15, 0.2) is 4.34 Å². The molecule has 0 saturated carbocycles. The Balaban J connectivity index is 1.47. The summed E-state index contributed by atoms with van der Waals surface area (Å²) in [5, 5.41) is 22.9. The molecular weight excluding hydrogens is 372 g/mol. The highest BCUT2D eigenvalue weighted by Crippen LogP contribution is 2.28. The van der Waals surface area contributed by atoms with Gasteiger partial charge in [-0.2, -0.15) is 0 Å². The maximum Gasteiger partial charge on any atom is 0.233 e. The summed E-state index contributed by atoms with van der Waals surface area (Å²) in [4.78, 5) is 24.8. The molecule has 0 radical (unpaired) electrons. The van der Waals surface area contributed by atoms with Gasteiger partial charge in [-0.05, 0) is 37.5 Å². The van der Waals surface area contributed by atoms with Gasteiger partial charge in [0, 0.05) is 30.7 Å². The highest BCUT2D eigenvalue weighted by molar-refractivity contribution is 8.01. The monoisotopic (exact) mass is 391 g/mol. The van der Waals surface area contributed by atoms with Crippen molar-refractivity contribution < 1.29 is 14.7 Å². The highest BCUT2D eigenvalue weighted by atomic mass is 32.2. The molecule has 9 heteroatoms. The molecule has 0 bridgehead atoms. The van der Waals surface area contributed by atoms with E-state index in [4.69, 9.17) is 0 Å². The summed E-state index contributed by atoms with van der Waals surface area (Å²) < 4.78 is 0.720. The number of nitrogens with one attached hydrogen (secondary N) is 1. The first kappa shape index (κ1) is 18.7. The second kappa shape index (κ2) is 8.50. The molecule has 0 aliphatic carbocycles. The second-order valence-corrected chi connectivity index (χ2v) is 8.33. The van der Waals surface area contributed by atoms with Crippen molar-refractivity contribution in [3.8, 4) is 0 Å². The van der Waals surface area contributed by atoms with Crippen LogP contribution in [0, 0.1) is 12.8 Å². The fraction of sp³-hybridized carbons (Fsp3) is 0.412. The second-order valence-electron chi connectivity index (χ2n) is 6.13. The van der Waals surface area contributed by atoms with E-state index in [1.807, 2.05) is 31.2 Å². The number of aryl methyl sites for hydroxylation is 1. The molecule has 1 aromatic heterocycles. The zero-order chi connectivity index (χ0) is 18.5. The van der Waals surface area contributed by atoms with Gasteiger partial charge in [-0.3, -0.25) is 4.79 Å². The van der Waals surface area contributed by atoms with Crippen LogP contribution in [0.3, 0.4) is 0 Å². The number of aliphatic carboxylic acids is 1. The Bertz CT molecular complexity index is 788. The van der Waals surface area contributed by atoms with E-state index in [0.29, 0.717) is 31.1 Å². The number of hydrogen-bond acceptors (Lipinski definition) is 8. The number of piperidine rings is 1. The first-order valence-corrected chi connectivity index (χ1v) is 10.1. The molecule has 1 aliphatic heterocycles. The number of nitrogens with zero attached hydrogens (tertiary/aromatic N) is 3. The fourth-order valence-corrected chi connectivity index (χ4v) is 4.42. The van der Waals surface area contributed by atoms with Crippen LogP contribution in [0.1, 0.15) is 18.4 Å². The number of aromatic nitrogens is 2. The lowest BCUT2D eigenvalue weighted by molar-refractivity contribution is -0.312. The number of anilines is 2. The van der Waals surface area contributed by atoms with Gasteiger partial charge in [-0.1, -0.05) is 35.2 Å². The molecule has 1 saturated heterocycles. The molecule has 0 spiro atoms. The van der Waals surface area contributed by atoms with Crippen molar-refractivity contribution in [1.82, 2.24) is 15.1 Å². The average Bonchev–Trinajstić information content (AvgIpc) is 3.07. The number of likely N-dealkylation sites (tertiary alicyclic amines) is 1. The van der Waals surface area contributed by atoms with Gasteiger partial charge in [-0.15, -0.1) is 10.2 Å². The van der Waals surface area contributed by atoms with E-state index in [-0.39, 0.29) is 11.7 Å². The van der Waals surface area contributed by atoms with Crippen LogP contribution in [0.5, 0.6) is 0 Å². The van der Waals surface area contributed by atoms with E-state index in [0.717, 1.165) is 15.6 Å². The first-order valence-electron chi connectivity index (χ1n) is 8.30. The number of carboxylic acids is 1. The van der Waals surface area contributed by atoms with Crippen LogP contribution in [0.4, 0.5) is 10.8 Å². The lowest BCUT2D eigenvalue weighted by Gasteiger charge is -2.32. The third kappa shape index (κ3) is 4.95. The SMILES string of the molecule is Cc1cccc(Nc2nnc(SCC(=O)N3CCC(C(=O)[O-])CC3)s2)c1. The molecule has 7 nitrogen and oxygen atoms in total. The number of amides is 1. The van der Waals surface area contributed by atoms with Crippen molar-refractivity contribution in [2.45, 2.75) is 24.1 Å². The summed E-state index contributed by atoms with van der Waals surface area (Å²) in [6, 6.07) is 7.97. The quantitative estimate of drug-likeness (QED) is 0.748.